The maximum absolute atomic E-state index is 5.64. The fraction of sp³-hybridized carbons (Fsp3) is 0.429. The van der Waals surface area contributed by atoms with E-state index in [1.165, 1.54) is 0 Å². The van der Waals surface area contributed by atoms with E-state index in [-0.39, 0.29) is 5.41 Å². The summed E-state index contributed by atoms with van der Waals surface area (Å²) in [7, 11) is 0. The average Bonchev–Trinajstić information content (AvgIpc) is 2.80. The van der Waals surface area contributed by atoms with E-state index in [9.17, 15) is 0 Å². The van der Waals surface area contributed by atoms with Crippen molar-refractivity contribution in [1.82, 2.24) is 19.9 Å². The summed E-state index contributed by atoms with van der Waals surface area (Å²) in [4.78, 5) is 19.5. The van der Waals surface area contributed by atoms with Crippen molar-refractivity contribution in [1.29, 1.82) is 0 Å². The molecule has 6 heteroatoms. The van der Waals surface area contributed by atoms with Crippen LogP contribution in [-0.4, -0.2) is 19.9 Å². The van der Waals surface area contributed by atoms with E-state index in [1.807, 2.05) is 12.3 Å². The second kappa shape index (κ2) is 4.40. The van der Waals surface area contributed by atoms with Crippen molar-refractivity contribution < 1.29 is 0 Å². The molecule has 2 N–H and O–H groups in total. The number of anilines is 2. The fourth-order valence-corrected chi connectivity index (χ4v) is 2.22. The van der Waals surface area contributed by atoms with Gasteiger partial charge in [-0.2, -0.15) is 4.98 Å². The number of hydrogen-bond acceptors (Lipinski definition) is 6. The molecule has 0 spiro atoms. The van der Waals surface area contributed by atoms with Gasteiger partial charge in [-0.1, -0.05) is 20.8 Å². The molecule has 0 atom stereocenters. The van der Waals surface area contributed by atoms with Crippen molar-refractivity contribution in [2.75, 3.05) is 10.6 Å². The van der Waals surface area contributed by atoms with Gasteiger partial charge in [0.05, 0.1) is 12.2 Å². The van der Waals surface area contributed by atoms with Crippen LogP contribution in [0.5, 0.6) is 0 Å². The third-order valence-corrected chi connectivity index (χ3v) is 3.31. The van der Waals surface area contributed by atoms with Gasteiger partial charge in [-0.05, 0) is 6.07 Å². The molecule has 0 fully saturated rings. The number of rotatable bonds is 1. The minimum Gasteiger partial charge on any atom is -0.368 e. The summed E-state index contributed by atoms with van der Waals surface area (Å²) in [6.07, 6.45) is 3.60. The molecule has 0 aromatic carbocycles. The fourth-order valence-electron chi connectivity index (χ4n) is 2.22. The summed E-state index contributed by atoms with van der Waals surface area (Å²) in [6, 6.07) is 1.86. The first-order valence-electron chi connectivity index (χ1n) is 6.62. The van der Waals surface area contributed by atoms with Crippen molar-refractivity contribution in [2.24, 2.45) is 0 Å². The van der Waals surface area contributed by atoms with Crippen LogP contribution in [0.15, 0.2) is 18.5 Å². The monoisotopic (exact) mass is 270 g/mol. The number of aromatic nitrogens is 4. The van der Waals surface area contributed by atoms with Crippen molar-refractivity contribution in [3.63, 3.8) is 0 Å². The molecule has 3 heterocycles. The van der Waals surface area contributed by atoms with E-state index in [0.717, 1.165) is 36.0 Å². The quantitative estimate of drug-likeness (QED) is 0.849. The standard InChI is InChI=1S/C14H18N6/c1-14(2,3)12-17-6-9-7-20(8-10(9)18-12)11-4-5-16-13(15)19-11/h4-6H,7-8H2,1-3H3,(H2,15,16,19). The lowest BCUT2D eigenvalue weighted by molar-refractivity contribution is 0.541. The van der Waals surface area contributed by atoms with Crippen LogP contribution in [0.2, 0.25) is 0 Å². The van der Waals surface area contributed by atoms with E-state index in [4.69, 9.17) is 10.7 Å². The lowest BCUT2D eigenvalue weighted by atomic mass is 9.95. The predicted molar refractivity (Wildman–Crippen MR) is 77.1 cm³/mol. The summed E-state index contributed by atoms with van der Waals surface area (Å²) < 4.78 is 0. The van der Waals surface area contributed by atoms with Gasteiger partial charge >= 0.3 is 0 Å². The highest BCUT2D eigenvalue weighted by Gasteiger charge is 2.25. The molecule has 1 aliphatic heterocycles. The van der Waals surface area contributed by atoms with Crippen LogP contribution >= 0.6 is 0 Å². The third kappa shape index (κ3) is 2.29. The SMILES string of the molecule is CC(C)(C)c1ncc2c(n1)CN(c1ccnc(N)n1)C2. The van der Waals surface area contributed by atoms with Gasteiger partial charge in [0, 0.05) is 29.9 Å². The Balaban J connectivity index is 1.89. The second-order valence-corrected chi connectivity index (χ2v) is 6.04. The molecule has 1 aliphatic rings. The molecule has 0 bridgehead atoms. The van der Waals surface area contributed by atoms with E-state index >= 15 is 0 Å². The number of nitrogen functional groups attached to an aromatic ring is 1. The minimum atomic E-state index is -0.0399. The number of nitrogens with two attached hydrogens (primary N) is 1. The van der Waals surface area contributed by atoms with Crippen LogP contribution in [0.3, 0.4) is 0 Å². The van der Waals surface area contributed by atoms with Crippen LogP contribution in [0.4, 0.5) is 11.8 Å². The van der Waals surface area contributed by atoms with Gasteiger partial charge in [-0.25, -0.2) is 15.0 Å². The summed E-state index contributed by atoms with van der Waals surface area (Å²) >= 11 is 0. The summed E-state index contributed by atoms with van der Waals surface area (Å²) in [6.45, 7) is 7.85. The van der Waals surface area contributed by atoms with Crippen LogP contribution in [-0.2, 0) is 18.5 Å². The zero-order valence-corrected chi connectivity index (χ0v) is 12.0. The van der Waals surface area contributed by atoms with Gasteiger partial charge in [-0.3, -0.25) is 0 Å². The Labute approximate surface area is 118 Å². The summed E-state index contributed by atoms with van der Waals surface area (Å²) in [5.41, 5.74) is 7.82. The van der Waals surface area contributed by atoms with E-state index in [2.05, 4.69) is 40.6 Å². The predicted octanol–water partition coefficient (Wildman–Crippen LogP) is 1.67. The van der Waals surface area contributed by atoms with Crippen LogP contribution < -0.4 is 10.6 Å². The van der Waals surface area contributed by atoms with Crippen molar-refractivity contribution in [3.05, 3.63) is 35.5 Å². The molecule has 104 valence electrons. The molecule has 3 rings (SSSR count). The Morgan fingerprint density at radius 2 is 1.95 bits per heavy atom. The first-order valence-corrected chi connectivity index (χ1v) is 6.62. The van der Waals surface area contributed by atoms with Gasteiger partial charge in [0.25, 0.3) is 0 Å². The summed E-state index contributed by atoms with van der Waals surface area (Å²) in [5, 5.41) is 0. The van der Waals surface area contributed by atoms with Gasteiger partial charge in [-0.15, -0.1) is 0 Å². The summed E-state index contributed by atoms with van der Waals surface area (Å²) in [5.74, 6) is 1.99. The molecule has 20 heavy (non-hydrogen) atoms. The first kappa shape index (κ1) is 12.8. The van der Waals surface area contributed by atoms with Gasteiger partial charge in [0.2, 0.25) is 5.95 Å². The van der Waals surface area contributed by atoms with Gasteiger partial charge in [0.1, 0.15) is 11.6 Å². The molecule has 0 radical (unpaired) electrons. The number of nitrogens with zero attached hydrogens (tertiary/aromatic N) is 5. The number of fused-ring (bicyclic) bond motifs is 1. The highest BCUT2D eigenvalue weighted by Crippen LogP contribution is 2.27. The molecule has 0 aliphatic carbocycles. The van der Waals surface area contributed by atoms with E-state index < -0.39 is 0 Å². The van der Waals surface area contributed by atoms with Crippen LogP contribution in [0.25, 0.3) is 0 Å². The Bertz CT molecular complexity index is 646. The smallest absolute Gasteiger partial charge is 0.221 e. The molecule has 0 unspecified atom stereocenters. The van der Waals surface area contributed by atoms with Crippen molar-refractivity contribution in [2.45, 2.75) is 39.3 Å². The highest BCUT2D eigenvalue weighted by atomic mass is 15.2. The molecule has 0 saturated heterocycles. The Morgan fingerprint density at radius 1 is 1.15 bits per heavy atom. The lowest BCUT2D eigenvalue weighted by Gasteiger charge is -2.16. The van der Waals surface area contributed by atoms with E-state index in [1.54, 1.807) is 6.20 Å². The second-order valence-electron chi connectivity index (χ2n) is 6.04. The number of hydrogen-bond donors (Lipinski definition) is 1. The van der Waals surface area contributed by atoms with Crippen LogP contribution in [0, 0.1) is 0 Å². The zero-order valence-electron chi connectivity index (χ0n) is 12.0. The molecule has 6 nitrogen and oxygen atoms in total. The topological polar surface area (TPSA) is 80.8 Å². The minimum absolute atomic E-state index is 0.0399. The van der Waals surface area contributed by atoms with Crippen molar-refractivity contribution in [3.8, 4) is 0 Å². The largest absolute Gasteiger partial charge is 0.368 e. The molecule has 2 aromatic rings. The third-order valence-electron chi connectivity index (χ3n) is 3.31. The zero-order chi connectivity index (χ0) is 14.3. The van der Waals surface area contributed by atoms with Gasteiger partial charge < -0.3 is 10.6 Å². The Morgan fingerprint density at radius 3 is 2.65 bits per heavy atom. The highest BCUT2D eigenvalue weighted by molar-refractivity contribution is 5.46. The molecule has 2 aromatic heterocycles. The van der Waals surface area contributed by atoms with E-state index in [0.29, 0.717) is 5.95 Å². The van der Waals surface area contributed by atoms with Crippen molar-refractivity contribution >= 4 is 11.8 Å². The Hall–Kier alpha value is -2.24. The molecular formula is C14H18N6. The molecular weight excluding hydrogens is 252 g/mol. The first-order chi connectivity index (χ1) is 9.43. The molecule has 0 saturated carbocycles. The molecule has 0 amide bonds. The average molecular weight is 270 g/mol. The maximum atomic E-state index is 5.64. The van der Waals surface area contributed by atoms with Gasteiger partial charge in [0.15, 0.2) is 0 Å². The Kier molecular flexibility index (Phi) is 2.81. The lowest BCUT2D eigenvalue weighted by Crippen LogP contribution is -2.18. The van der Waals surface area contributed by atoms with Crippen LogP contribution in [0.1, 0.15) is 37.9 Å². The maximum Gasteiger partial charge on any atom is 0.221 e. The normalized spacial score (nSPS) is 14.4.